The van der Waals surface area contributed by atoms with Crippen molar-refractivity contribution in [2.75, 3.05) is 19.9 Å². The minimum Gasteiger partial charge on any atom is -0.454 e. The third-order valence-electron chi connectivity index (χ3n) is 5.12. The molecule has 6 heteroatoms. The van der Waals surface area contributed by atoms with Crippen LogP contribution in [-0.2, 0) is 17.8 Å². The van der Waals surface area contributed by atoms with Gasteiger partial charge in [-0.05, 0) is 36.0 Å². The molecule has 0 aliphatic carbocycles. The normalized spacial score (nSPS) is 22.4. The highest BCUT2D eigenvalue weighted by molar-refractivity contribution is 5.77. The van der Waals surface area contributed by atoms with Crippen LogP contribution in [0.25, 0.3) is 0 Å². The molecular formula is C19H23N3O3. The fraction of sp³-hybridized carbons (Fsp3) is 0.474. The first-order valence-corrected chi connectivity index (χ1v) is 8.73. The molecule has 132 valence electrons. The van der Waals surface area contributed by atoms with E-state index >= 15 is 0 Å². The van der Waals surface area contributed by atoms with Crippen LogP contribution >= 0.6 is 0 Å². The van der Waals surface area contributed by atoms with Gasteiger partial charge < -0.3 is 18.9 Å². The van der Waals surface area contributed by atoms with E-state index in [1.165, 1.54) is 5.56 Å². The van der Waals surface area contributed by atoms with E-state index in [9.17, 15) is 4.79 Å². The topological polar surface area (TPSA) is 56.6 Å². The number of imidazole rings is 1. The largest absolute Gasteiger partial charge is 0.454 e. The number of aromatic nitrogens is 2. The van der Waals surface area contributed by atoms with E-state index in [-0.39, 0.29) is 11.3 Å². The van der Waals surface area contributed by atoms with Crippen molar-refractivity contribution >= 4 is 5.91 Å². The molecule has 6 nitrogen and oxygen atoms in total. The molecule has 0 bridgehead atoms. The lowest BCUT2D eigenvalue weighted by molar-refractivity contribution is -0.137. The summed E-state index contributed by atoms with van der Waals surface area (Å²) in [5.74, 6) is 1.89. The van der Waals surface area contributed by atoms with Crippen molar-refractivity contribution in [3.63, 3.8) is 0 Å². The number of fused-ring (bicyclic) bond motifs is 1. The van der Waals surface area contributed by atoms with Gasteiger partial charge in [0.05, 0.1) is 6.33 Å². The molecule has 2 aromatic rings. The van der Waals surface area contributed by atoms with E-state index in [2.05, 4.69) is 24.0 Å². The summed E-state index contributed by atoms with van der Waals surface area (Å²) in [5, 5.41) is 0. The average Bonchev–Trinajstić information content (AvgIpc) is 3.27. The third-order valence-corrected chi connectivity index (χ3v) is 5.12. The molecule has 2 aliphatic rings. The van der Waals surface area contributed by atoms with Crippen LogP contribution in [0.2, 0.25) is 0 Å². The summed E-state index contributed by atoms with van der Waals surface area (Å²) >= 11 is 0. The Morgan fingerprint density at radius 3 is 2.96 bits per heavy atom. The molecule has 1 aromatic heterocycles. The van der Waals surface area contributed by atoms with Gasteiger partial charge in [-0.15, -0.1) is 0 Å². The summed E-state index contributed by atoms with van der Waals surface area (Å²) in [5.41, 5.74) is 1.31. The standard InChI is InChI=1S/C19H23N3O3/c1-19(11-15-2-3-16-17(10-15)25-14-24-16)5-4-18(23)22(12-19)9-8-21-7-6-20-13-21/h2-3,6-7,10,13H,4-5,8-9,11-12,14H2,1H3. The van der Waals surface area contributed by atoms with Gasteiger partial charge in [-0.3, -0.25) is 4.79 Å². The number of hydrogen-bond acceptors (Lipinski definition) is 4. The maximum Gasteiger partial charge on any atom is 0.231 e. The highest BCUT2D eigenvalue weighted by Crippen LogP contribution is 2.37. The number of carbonyl (C=O) groups excluding carboxylic acids is 1. The van der Waals surface area contributed by atoms with Crippen LogP contribution < -0.4 is 9.47 Å². The summed E-state index contributed by atoms with van der Waals surface area (Å²) in [6.45, 7) is 4.87. The minimum atomic E-state index is 0.0799. The first-order valence-electron chi connectivity index (χ1n) is 8.73. The molecule has 0 saturated carbocycles. The number of rotatable bonds is 5. The number of piperidine rings is 1. The highest BCUT2D eigenvalue weighted by Gasteiger charge is 2.35. The summed E-state index contributed by atoms with van der Waals surface area (Å²) in [6.07, 6.45) is 7.95. The van der Waals surface area contributed by atoms with Crippen molar-refractivity contribution in [3.8, 4) is 11.5 Å². The van der Waals surface area contributed by atoms with E-state index < -0.39 is 0 Å². The van der Waals surface area contributed by atoms with E-state index in [0.29, 0.717) is 13.2 Å². The highest BCUT2D eigenvalue weighted by atomic mass is 16.7. The van der Waals surface area contributed by atoms with Gasteiger partial charge in [0, 0.05) is 38.4 Å². The first-order chi connectivity index (χ1) is 12.1. The molecular weight excluding hydrogens is 318 g/mol. The van der Waals surface area contributed by atoms with Crippen LogP contribution in [0.5, 0.6) is 11.5 Å². The van der Waals surface area contributed by atoms with Gasteiger partial charge in [0.15, 0.2) is 11.5 Å². The molecule has 1 fully saturated rings. The van der Waals surface area contributed by atoms with Gasteiger partial charge in [0.25, 0.3) is 0 Å². The van der Waals surface area contributed by atoms with Crippen LogP contribution in [0.3, 0.4) is 0 Å². The molecule has 1 unspecified atom stereocenters. The van der Waals surface area contributed by atoms with Crippen molar-refractivity contribution in [2.24, 2.45) is 5.41 Å². The van der Waals surface area contributed by atoms with Crippen molar-refractivity contribution in [1.82, 2.24) is 14.5 Å². The fourth-order valence-electron chi connectivity index (χ4n) is 3.74. The molecule has 0 N–H and O–H groups in total. The third kappa shape index (κ3) is 3.48. The number of carbonyl (C=O) groups is 1. The second-order valence-corrected chi connectivity index (χ2v) is 7.29. The van der Waals surface area contributed by atoms with Gasteiger partial charge in [-0.25, -0.2) is 4.98 Å². The Labute approximate surface area is 147 Å². The van der Waals surface area contributed by atoms with E-state index in [4.69, 9.17) is 9.47 Å². The molecule has 0 radical (unpaired) electrons. The van der Waals surface area contributed by atoms with Gasteiger partial charge in [0.2, 0.25) is 12.7 Å². The Balaban J connectivity index is 1.42. The fourth-order valence-corrected chi connectivity index (χ4v) is 3.74. The minimum absolute atomic E-state index is 0.0799. The lowest BCUT2D eigenvalue weighted by Crippen LogP contribution is -2.47. The molecule has 1 saturated heterocycles. The first kappa shape index (κ1) is 16.0. The van der Waals surface area contributed by atoms with Crippen LogP contribution in [-0.4, -0.2) is 40.2 Å². The molecule has 3 heterocycles. The average molecular weight is 341 g/mol. The number of amides is 1. The quantitative estimate of drug-likeness (QED) is 0.838. The van der Waals surface area contributed by atoms with E-state index in [0.717, 1.165) is 44.0 Å². The predicted octanol–water partition coefficient (Wildman–Crippen LogP) is 2.48. The van der Waals surface area contributed by atoms with E-state index in [1.807, 2.05) is 21.7 Å². The zero-order valence-corrected chi connectivity index (χ0v) is 14.5. The van der Waals surface area contributed by atoms with Gasteiger partial charge in [0.1, 0.15) is 0 Å². The van der Waals surface area contributed by atoms with Crippen molar-refractivity contribution in [3.05, 3.63) is 42.5 Å². The molecule has 1 amide bonds. The molecule has 4 rings (SSSR count). The Morgan fingerprint density at radius 1 is 1.24 bits per heavy atom. The van der Waals surface area contributed by atoms with Crippen molar-refractivity contribution in [1.29, 1.82) is 0 Å². The van der Waals surface area contributed by atoms with Crippen molar-refractivity contribution < 1.29 is 14.3 Å². The Morgan fingerprint density at radius 2 is 2.12 bits per heavy atom. The number of ether oxygens (including phenoxy) is 2. The Kier molecular flexibility index (Phi) is 4.11. The van der Waals surface area contributed by atoms with Crippen LogP contribution in [0.4, 0.5) is 0 Å². The molecule has 1 aromatic carbocycles. The smallest absolute Gasteiger partial charge is 0.231 e. The summed E-state index contributed by atoms with van der Waals surface area (Å²) < 4.78 is 12.9. The Bertz CT molecular complexity index is 759. The summed E-state index contributed by atoms with van der Waals surface area (Å²) in [6, 6.07) is 6.15. The number of hydrogen-bond donors (Lipinski definition) is 0. The summed E-state index contributed by atoms with van der Waals surface area (Å²) in [7, 11) is 0. The molecule has 0 spiro atoms. The molecule has 2 aliphatic heterocycles. The SMILES string of the molecule is CC1(Cc2ccc3c(c2)OCO3)CCC(=O)N(CCn2ccnc2)C1. The van der Waals surface area contributed by atoms with Gasteiger partial charge in [-0.1, -0.05) is 13.0 Å². The zero-order valence-electron chi connectivity index (χ0n) is 14.5. The number of nitrogens with zero attached hydrogens (tertiary/aromatic N) is 3. The molecule has 25 heavy (non-hydrogen) atoms. The maximum atomic E-state index is 12.3. The molecule has 1 atom stereocenters. The van der Waals surface area contributed by atoms with Crippen molar-refractivity contribution in [2.45, 2.75) is 32.7 Å². The van der Waals surface area contributed by atoms with Crippen LogP contribution in [0.1, 0.15) is 25.3 Å². The monoisotopic (exact) mass is 341 g/mol. The van der Waals surface area contributed by atoms with Gasteiger partial charge >= 0.3 is 0 Å². The van der Waals surface area contributed by atoms with Crippen LogP contribution in [0.15, 0.2) is 36.9 Å². The maximum absolute atomic E-state index is 12.3. The lowest BCUT2D eigenvalue weighted by Gasteiger charge is -2.40. The van der Waals surface area contributed by atoms with Crippen LogP contribution in [0, 0.1) is 5.41 Å². The van der Waals surface area contributed by atoms with Gasteiger partial charge in [-0.2, -0.15) is 0 Å². The zero-order chi connectivity index (χ0) is 17.3. The second-order valence-electron chi connectivity index (χ2n) is 7.29. The predicted molar refractivity (Wildman–Crippen MR) is 92.4 cm³/mol. The Hall–Kier alpha value is -2.50. The van der Waals surface area contributed by atoms with E-state index in [1.54, 1.807) is 12.5 Å². The lowest BCUT2D eigenvalue weighted by atomic mass is 9.76. The second kappa shape index (κ2) is 6.43. The number of benzene rings is 1. The summed E-state index contributed by atoms with van der Waals surface area (Å²) in [4.78, 5) is 18.4. The number of likely N-dealkylation sites (tertiary alicyclic amines) is 1.